The molecule has 1 rings (SSSR count). The number of piperidine rings is 1. The van der Waals surface area contributed by atoms with Crippen molar-refractivity contribution in [3.63, 3.8) is 0 Å². The summed E-state index contributed by atoms with van der Waals surface area (Å²) in [5.41, 5.74) is 0. The Balaban J connectivity index is 2.46. The molecule has 15 heavy (non-hydrogen) atoms. The summed E-state index contributed by atoms with van der Waals surface area (Å²) in [5, 5.41) is 0. The zero-order valence-corrected chi connectivity index (χ0v) is 10.2. The minimum absolute atomic E-state index is 0.0162. The summed E-state index contributed by atoms with van der Waals surface area (Å²) in [7, 11) is 1.48. The highest BCUT2D eigenvalue weighted by Crippen LogP contribution is 2.19. The molecule has 0 radical (unpaired) electrons. The Labute approximate surface area is 92.8 Å². The van der Waals surface area contributed by atoms with E-state index in [4.69, 9.17) is 4.74 Å². The van der Waals surface area contributed by atoms with Gasteiger partial charge in [0.2, 0.25) is 0 Å². The van der Waals surface area contributed by atoms with Gasteiger partial charge in [-0.1, -0.05) is 20.3 Å². The van der Waals surface area contributed by atoms with Gasteiger partial charge in [0, 0.05) is 0 Å². The number of hydrogen-bond donors (Lipinski definition) is 0. The zero-order chi connectivity index (χ0) is 11.3. The first-order valence-corrected chi connectivity index (χ1v) is 5.97. The molecule has 0 aromatic rings. The third kappa shape index (κ3) is 3.82. The highest BCUT2D eigenvalue weighted by molar-refractivity contribution is 5.75. The molecule has 1 fully saturated rings. The van der Waals surface area contributed by atoms with E-state index in [9.17, 15) is 4.79 Å². The van der Waals surface area contributed by atoms with Gasteiger partial charge in [-0.3, -0.25) is 9.69 Å². The lowest BCUT2D eigenvalue weighted by molar-refractivity contribution is -0.148. The summed E-state index contributed by atoms with van der Waals surface area (Å²) in [6.07, 6.45) is 4.49. The van der Waals surface area contributed by atoms with Crippen molar-refractivity contribution >= 4 is 5.97 Å². The number of hydrogen-bond acceptors (Lipinski definition) is 3. The largest absolute Gasteiger partial charge is 0.468 e. The van der Waals surface area contributed by atoms with Crippen LogP contribution in [0.3, 0.4) is 0 Å². The van der Waals surface area contributed by atoms with Gasteiger partial charge in [-0.05, 0) is 38.3 Å². The molecule has 0 spiro atoms. The second-order valence-electron chi connectivity index (χ2n) is 4.75. The van der Waals surface area contributed by atoms with Gasteiger partial charge in [-0.15, -0.1) is 0 Å². The van der Waals surface area contributed by atoms with Crippen LogP contribution in [0.2, 0.25) is 0 Å². The van der Waals surface area contributed by atoms with E-state index in [1.54, 1.807) is 0 Å². The summed E-state index contributed by atoms with van der Waals surface area (Å²) >= 11 is 0. The van der Waals surface area contributed by atoms with Gasteiger partial charge in [0.1, 0.15) is 6.04 Å². The average Bonchev–Trinajstić information content (AvgIpc) is 2.25. The van der Waals surface area contributed by atoms with Crippen LogP contribution in [0.5, 0.6) is 0 Å². The van der Waals surface area contributed by atoms with Gasteiger partial charge >= 0.3 is 5.97 Å². The molecule has 0 aromatic heterocycles. The summed E-state index contributed by atoms with van der Waals surface area (Å²) in [5.74, 6) is 0.642. The molecular weight excluding hydrogens is 190 g/mol. The van der Waals surface area contributed by atoms with Crippen LogP contribution in [-0.4, -0.2) is 37.1 Å². The van der Waals surface area contributed by atoms with Crippen molar-refractivity contribution in [2.24, 2.45) is 5.92 Å². The maximum Gasteiger partial charge on any atom is 0.323 e. The van der Waals surface area contributed by atoms with Crippen LogP contribution in [0.4, 0.5) is 0 Å². The lowest BCUT2D eigenvalue weighted by atomic mass is 10.0. The van der Waals surface area contributed by atoms with E-state index in [0.29, 0.717) is 5.92 Å². The molecule has 0 aromatic carbocycles. The Hall–Kier alpha value is -0.570. The SMILES string of the molecule is COC(=O)[C@H]1CCCCN1CCC(C)C. The second kappa shape index (κ2) is 6.11. The molecule has 0 unspecified atom stereocenters. The fraction of sp³-hybridized carbons (Fsp3) is 0.917. The van der Waals surface area contributed by atoms with Crippen molar-refractivity contribution in [3.8, 4) is 0 Å². The van der Waals surface area contributed by atoms with E-state index in [-0.39, 0.29) is 12.0 Å². The minimum Gasteiger partial charge on any atom is -0.468 e. The molecule has 1 saturated heterocycles. The van der Waals surface area contributed by atoms with E-state index in [1.807, 2.05) is 0 Å². The smallest absolute Gasteiger partial charge is 0.323 e. The first kappa shape index (κ1) is 12.5. The lowest BCUT2D eigenvalue weighted by Gasteiger charge is -2.34. The molecule has 3 heteroatoms. The standard InChI is InChI=1S/C12H23NO2/c1-10(2)7-9-13-8-5-4-6-11(13)12(14)15-3/h10-11H,4-9H2,1-3H3/t11-/m1/s1. The molecule has 1 aliphatic rings. The Morgan fingerprint density at radius 3 is 2.80 bits per heavy atom. The van der Waals surface area contributed by atoms with Gasteiger partial charge in [0.25, 0.3) is 0 Å². The molecule has 0 aliphatic carbocycles. The number of rotatable bonds is 4. The van der Waals surface area contributed by atoms with Crippen LogP contribution in [0.15, 0.2) is 0 Å². The first-order valence-electron chi connectivity index (χ1n) is 5.97. The maximum absolute atomic E-state index is 11.6. The second-order valence-corrected chi connectivity index (χ2v) is 4.75. The van der Waals surface area contributed by atoms with Gasteiger partial charge in [0.05, 0.1) is 7.11 Å². The molecule has 3 nitrogen and oxygen atoms in total. The Morgan fingerprint density at radius 1 is 1.47 bits per heavy atom. The Bertz CT molecular complexity index is 204. The topological polar surface area (TPSA) is 29.5 Å². The molecule has 0 bridgehead atoms. The maximum atomic E-state index is 11.6. The highest BCUT2D eigenvalue weighted by atomic mass is 16.5. The van der Waals surface area contributed by atoms with Crippen molar-refractivity contribution in [1.82, 2.24) is 4.90 Å². The van der Waals surface area contributed by atoms with Crippen molar-refractivity contribution in [1.29, 1.82) is 0 Å². The van der Waals surface area contributed by atoms with Crippen molar-refractivity contribution in [2.75, 3.05) is 20.2 Å². The predicted molar refractivity (Wildman–Crippen MR) is 60.7 cm³/mol. The van der Waals surface area contributed by atoms with E-state index >= 15 is 0 Å². The number of carbonyl (C=O) groups is 1. The number of esters is 1. The fourth-order valence-electron chi connectivity index (χ4n) is 2.09. The third-order valence-corrected chi connectivity index (χ3v) is 3.08. The third-order valence-electron chi connectivity index (χ3n) is 3.08. The number of nitrogens with zero attached hydrogens (tertiary/aromatic N) is 1. The summed E-state index contributed by atoms with van der Waals surface area (Å²) in [6, 6.07) is 0.0162. The monoisotopic (exact) mass is 213 g/mol. The van der Waals surface area contributed by atoms with Gasteiger partial charge in [-0.2, -0.15) is 0 Å². The van der Waals surface area contributed by atoms with Crippen LogP contribution < -0.4 is 0 Å². The Kier molecular flexibility index (Phi) is 5.09. The molecule has 88 valence electrons. The van der Waals surface area contributed by atoms with E-state index in [1.165, 1.54) is 13.5 Å². The molecule has 0 N–H and O–H groups in total. The molecule has 0 amide bonds. The lowest BCUT2D eigenvalue weighted by Crippen LogP contribution is -2.45. The molecule has 1 atom stereocenters. The minimum atomic E-state index is -0.0570. The van der Waals surface area contributed by atoms with E-state index in [2.05, 4.69) is 18.7 Å². The highest BCUT2D eigenvalue weighted by Gasteiger charge is 2.28. The van der Waals surface area contributed by atoms with E-state index < -0.39 is 0 Å². The number of carbonyl (C=O) groups excluding carboxylic acids is 1. The fourth-order valence-corrected chi connectivity index (χ4v) is 2.09. The van der Waals surface area contributed by atoms with Gasteiger partial charge in [-0.25, -0.2) is 0 Å². The first-order chi connectivity index (χ1) is 7.15. The number of methoxy groups -OCH3 is 1. The van der Waals surface area contributed by atoms with E-state index in [0.717, 1.165) is 32.4 Å². The normalized spacial score (nSPS) is 23.1. The van der Waals surface area contributed by atoms with Crippen LogP contribution >= 0.6 is 0 Å². The van der Waals surface area contributed by atoms with Gasteiger partial charge < -0.3 is 4.74 Å². The van der Waals surface area contributed by atoms with Gasteiger partial charge in [0.15, 0.2) is 0 Å². The number of ether oxygens (including phenoxy) is 1. The predicted octanol–water partition coefficient (Wildman–Crippen LogP) is 2.06. The van der Waals surface area contributed by atoms with Crippen LogP contribution in [0.25, 0.3) is 0 Å². The average molecular weight is 213 g/mol. The summed E-state index contributed by atoms with van der Waals surface area (Å²) in [4.78, 5) is 13.8. The zero-order valence-electron chi connectivity index (χ0n) is 10.2. The molecule has 1 aliphatic heterocycles. The number of likely N-dealkylation sites (tertiary alicyclic amines) is 1. The van der Waals surface area contributed by atoms with Crippen molar-refractivity contribution in [3.05, 3.63) is 0 Å². The van der Waals surface area contributed by atoms with Crippen molar-refractivity contribution in [2.45, 2.75) is 45.6 Å². The van der Waals surface area contributed by atoms with Crippen LogP contribution in [0.1, 0.15) is 39.5 Å². The van der Waals surface area contributed by atoms with Crippen LogP contribution in [-0.2, 0) is 9.53 Å². The molecule has 1 heterocycles. The summed E-state index contributed by atoms with van der Waals surface area (Å²) in [6.45, 7) is 6.51. The summed E-state index contributed by atoms with van der Waals surface area (Å²) < 4.78 is 4.85. The Morgan fingerprint density at radius 2 is 2.20 bits per heavy atom. The molecular formula is C12H23NO2. The molecule has 0 saturated carbocycles. The quantitative estimate of drug-likeness (QED) is 0.669. The van der Waals surface area contributed by atoms with Crippen molar-refractivity contribution < 1.29 is 9.53 Å². The van der Waals surface area contributed by atoms with Crippen LogP contribution in [0, 0.1) is 5.92 Å².